The van der Waals surface area contributed by atoms with E-state index in [1.165, 1.54) is 23.7 Å². The number of carbonyl (C=O) groups is 1. The molecular formula is C12H19N3O4. The van der Waals surface area contributed by atoms with Crippen LogP contribution in [-0.2, 0) is 7.05 Å². The van der Waals surface area contributed by atoms with Crippen LogP contribution in [-0.4, -0.2) is 33.2 Å². The fraction of sp³-hybridized carbons (Fsp3) is 0.583. The van der Waals surface area contributed by atoms with Gasteiger partial charge in [-0.1, -0.05) is 13.8 Å². The summed E-state index contributed by atoms with van der Waals surface area (Å²) in [7, 11) is 1.46. The second-order valence-electron chi connectivity index (χ2n) is 4.89. The Hall–Kier alpha value is -1.89. The van der Waals surface area contributed by atoms with Gasteiger partial charge < -0.3 is 20.5 Å². The van der Waals surface area contributed by atoms with Crippen LogP contribution < -0.4 is 5.32 Å². The minimum Gasteiger partial charge on any atom is -0.391 e. The Morgan fingerprint density at radius 1 is 1.53 bits per heavy atom. The first kappa shape index (κ1) is 15.2. The predicted molar refractivity (Wildman–Crippen MR) is 69.9 cm³/mol. The number of hydrogen-bond donors (Lipinski definition) is 2. The zero-order valence-electron chi connectivity index (χ0n) is 11.3. The highest BCUT2D eigenvalue weighted by atomic mass is 16.6. The van der Waals surface area contributed by atoms with Crippen molar-refractivity contribution in [3.63, 3.8) is 0 Å². The van der Waals surface area contributed by atoms with Crippen molar-refractivity contribution in [3.8, 4) is 0 Å². The molecule has 1 heterocycles. The lowest BCUT2D eigenvalue weighted by molar-refractivity contribution is -0.391. The van der Waals surface area contributed by atoms with Crippen LogP contribution in [0.1, 0.15) is 30.8 Å². The third kappa shape index (κ3) is 4.06. The van der Waals surface area contributed by atoms with Gasteiger partial charge in [0.05, 0.1) is 13.2 Å². The normalized spacial score (nSPS) is 12.5. The molecule has 7 nitrogen and oxygen atoms in total. The maximum Gasteiger partial charge on any atom is 0.323 e. The molecule has 19 heavy (non-hydrogen) atoms. The standard InChI is InChI=1S/C12H19N3O4/c1-8(2)6-9(16)7-13-12(17)10-4-5-11(14(10)3)15(18)19/h4-5,8-9,16H,6-7H2,1-3H3,(H,13,17). The van der Waals surface area contributed by atoms with Crippen LogP contribution >= 0.6 is 0 Å². The van der Waals surface area contributed by atoms with Crippen LogP contribution in [0, 0.1) is 16.0 Å². The lowest BCUT2D eigenvalue weighted by Crippen LogP contribution is -2.33. The van der Waals surface area contributed by atoms with E-state index in [0.29, 0.717) is 12.3 Å². The number of aliphatic hydroxyl groups is 1. The Balaban J connectivity index is 2.62. The summed E-state index contributed by atoms with van der Waals surface area (Å²) in [5, 5.41) is 22.9. The molecule has 106 valence electrons. The molecule has 0 aromatic carbocycles. The molecule has 0 bridgehead atoms. The van der Waals surface area contributed by atoms with Crippen molar-refractivity contribution in [1.82, 2.24) is 9.88 Å². The summed E-state index contributed by atoms with van der Waals surface area (Å²) in [5.41, 5.74) is 0.198. The van der Waals surface area contributed by atoms with E-state index in [9.17, 15) is 20.0 Å². The van der Waals surface area contributed by atoms with Crippen molar-refractivity contribution in [3.05, 3.63) is 27.9 Å². The Kier molecular flexibility index (Phi) is 5.05. The average Bonchev–Trinajstić information content (AvgIpc) is 2.67. The molecular weight excluding hydrogens is 250 g/mol. The molecule has 1 aromatic rings. The summed E-state index contributed by atoms with van der Waals surface area (Å²) in [6.45, 7) is 4.09. The number of nitrogens with zero attached hydrogens (tertiary/aromatic N) is 2. The van der Waals surface area contributed by atoms with E-state index in [-0.39, 0.29) is 18.1 Å². The first-order valence-corrected chi connectivity index (χ1v) is 6.09. The summed E-state index contributed by atoms with van der Waals surface area (Å²) in [5.74, 6) is -0.241. The fourth-order valence-electron chi connectivity index (χ4n) is 1.84. The molecule has 0 saturated carbocycles. The van der Waals surface area contributed by atoms with Crippen LogP contribution in [0.15, 0.2) is 12.1 Å². The fourth-order valence-corrected chi connectivity index (χ4v) is 1.84. The summed E-state index contributed by atoms with van der Waals surface area (Å²) >= 11 is 0. The van der Waals surface area contributed by atoms with E-state index in [1.54, 1.807) is 0 Å². The summed E-state index contributed by atoms with van der Waals surface area (Å²) in [4.78, 5) is 21.9. The topological polar surface area (TPSA) is 97.4 Å². The van der Waals surface area contributed by atoms with Crippen molar-refractivity contribution in [2.75, 3.05) is 6.54 Å². The van der Waals surface area contributed by atoms with E-state index >= 15 is 0 Å². The van der Waals surface area contributed by atoms with Gasteiger partial charge in [-0.25, -0.2) is 4.57 Å². The van der Waals surface area contributed by atoms with Gasteiger partial charge in [0.1, 0.15) is 0 Å². The molecule has 0 radical (unpaired) electrons. The van der Waals surface area contributed by atoms with Crippen molar-refractivity contribution >= 4 is 11.7 Å². The first-order valence-electron chi connectivity index (χ1n) is 6.09. The molecule has 1 amide bonds. The van der Waals surface area contributed by atoms with Crippen LogP contribution in [0.5, 0.6) is 0 Å². The van der Waals surface area contributed by atoms with Crippen molar-refractivity contribution in [1.29, 1.82) is 0 Å². The Labute approximate surface area is 111 Å². The largest absolute Gasteiger partial charge is 0.391 e. The lowest BCUT2D eigenvalue weighted by Gasteiger charge is -2.13. The third-order valence-corrected chi connectivity index (χ3v) is 2.76. The monoisotopic (exact) mass is 269 g/mol. The number of hydrogen-bond acceptors (Lipinski definition) is 4. The molecule has 0 aliphatic carbocycles. The second-order valence-corrected chi connectivity index (χ2v) is 4.89. The molecule has 2 N–H and O–H groups in total. The van der Waals surface area contributed by atoms with Crippen LogP contribution in [0.3, 0.4) is 0 Å². The smallest absolute Gasteiger partial charge is 0.323 e. The highest BCUT2D eigenvalue weighted by Gasteiger charge is 2.20. The van der Waals surface area contributed by atoms with Gasteiger partial charge >= 0.3 is 5.82 Å². The van der Waals surface area contributed by atoms with E-state index in [4.69, 9.17) is 0 Å². The first-order chi connectivity index (χ1) is 8.82. The minimum atomic E-state index is -0.612. The van der Waals surface area contributed by atoms with E-state index in [1.807, 2.05) is 13.8 Å². The molecule has 7 heteroatoms. The van der Waals surface area contributed by atoms with Gasteiger partial charge in [0, 0.05) is 12.6 Å². The molecule has 1 unspecified atom stereocenters. The second kappa shape index (κ2) is 6.33. The highest BCUT2D eigenvalue weighted by Crippen LogP contribution is 2.14. The number of amides is 1. The van der Waals surface area contributed by atoms with Crippen molar-refractivity contribution in [2.45, 2.75) is 26.4 Å². The zero-order chi connectivity index (χ0) is 14.6. The molecule has 1 rings (SSSR count). The zero-order valence-corrected chi connectivity index (χ0v) is 11.3. The van der Waals surface area contributed by atoms with Crippen LogP contribution in [0.2, 0.25) is 0 Å². The average molecular weight is 269 g/mol. The molecule has 0 aliphatic rings. The van der Waals surface area contributed by atoms with Gasteiger partial charge in [0.2, 0.25) is 0 Å². The van der Waals surface area contributed by atoms with Crippen molar-refractivity contribution < 1.29 is 14.8 Å². The number of rotatable bonds is 6. The lowest BCUT2D eigenvalue weighted by atomic mass is 10.1. The van der Waals surface area contributed by atoms with E-state index in [2.05, 4.69) is 5.32 Å². The van der Waals surface area contributed by atoms with Gasteiger partial charge in [-0.05, 0) is 23.3 Å². The Bertz CT molecular complexity index is 468. The maximum atomic E-state index is 11.8. The molecule has 1 atom stereocenters. The molecule has 0 fully saturated rings. The number of nitro groups is 1. The SMILES string of the molecule is CC(C)CC(O)CNC(=O)c1ccc([N+](=O)[O-])n1C. The quantitative estimate of drug-likeness (QED) is 0.596. The maximum absolute atomic E-state index is 11.8. The Morgan fingerprint density at radius 3 is 2.63 bits per heavy atom. The van der Waals surface area contributed by atoms with E-state index < -0.39 is 16.9 Å². The molecule has 0 saturated heterocycles. The molecule has 0 aliphatic heterocycles. The summed E-state index contributed by atoms with van der Waals surface area (Å²) in [6, 6.07) is 2.67. The summed E-state index contributed by atoms with van der Waals surface area (Å²) in [6.07, 6.45) is -0.0210. The van der Waals surface area contributed by atoms with E-state index in [0.717, 1.165) is 0 Å². The highest BCUT2D eigenvalue weighted by molar-refractivity contribution is 5.93. The molecule has 1 aromatic heterocycles. The van der Waals surface area contributed by atoms with Crippen LogP contribution in [0.4, 0.5) is 5.82 Å². The van der Waals surface area contributed by atoms with Crippen molar-refractivity contribution in [2.24, 2.45) is 13.0 Å². The summed E-state index contributed by atoms with van der Waals surface area (Å²) < 4.78 is 1.21. The van der Waals surface area contributed by atoms with Crippen LogP contribution in [0.25, 0.3) is 0 Å². The van der Waals surface area contributed by atoms with Gasteiger partial charge in [0.15, 0.2) is 5.69 Å². The Morgan fingerprint density at radius 2 is 2.16 bits per heavy atom. The number of carbonyl (C=O) groups excluding carboxylic acids is 1. The predicted octanol–water partition coefficient (Wildman–Crippen LogP) is 1.07. The number of aromatic nitrogens is 1. The minimum absolute atomic E-state index is 0.135. The number of aliphatic hydroxyl groups excluding tert-OH is 1. The van der Waals surface area contributed by atoms with Gasteiger partial charge in [0.25, 0.3) is 5.91 Å². The van der Waals surface area contributed by atoms with Gasteiger partial charge in [-0.2, -0.15) is 0 Å². The van der Waals surface area contributed by atoms with Gasteiger partial charge in [-0.15, -0.1) is 0 Å². The third-order valence-electron chi connectivity index (χ3n) is 2.76. The molecule has 0 spiro atoms. The van der Waals surface area contributed by atoms with Gasteiger partial charge in [-0.3, -0.25) is 4.79 Å². The number of nitrogens with one attached hydrogen (secondary N) is 1.